The topological polar surface area (TPSA) is 119 Å². The first-order valence-electron chi connectivity index (χ1n) is 8.07. The van der Waals surface area contributed by atoms with Crippen LogP contribution in [0.15, 0.2) is 65.2 Å². The molecule has 0 fully saturated rings. The zero-order valence-corrected chi connectivity index (χ0v) is 15.5. The Morgan fingerprint density at radius 1 is 1.22 bits per heavy atom. The minimum absolute atomic E-state index is 0.149. The molecule has 1 amide bonds. The van der Waals surface area contributed by atoms with Crippen LogP contribution in [-0.4, -0.2) is 25.4 Å². The number of hydrogen-bond donors (Lipinski definition) is 3. The van der Waals surface area contributed by atoms with Crippen molar-refractivity contribution in [3.8, 4) is 6.07 Å². The Morgan fingerprint density at radius 3 is 2.63 bits per heavy atom. The van der Waals surface area contributed by atoms with Crippen LogP contribution in [0.1, 0.15) is 11.1 Å². The number of nitriles is 1. The molecule has 0 aliphatic heterocycles. The summed E-state index contributed by atoms with van der Waals surface area (Å²) in [5.41, 5.74) is 2.29. The van der Waals surface area contributed by atoms with E-state index in [4.69, 9.17) is 9.81 Å². The highest BCUT2D eigenvalue weighted by atomic mass is 32.2. The van der Waals surface area contributed by atoms with E-state index in [0.717, 1.165) is 23.6 Å². The van der Waals surface area contributed by atoms with Gasteiger partial charge in [0.15, 0.2) is 0 Å². The van der Waals surface area contributed by atoms with Crippen LogP contribution in [0.3, 0.4) is 0 Å². The van der Waals surface area contributed by atoms with Crippen molar-refractivity contribution in [3.05, 3.63) is 71.4 Å². The minimum Gasteiger partial charge on any atom is -0.389 e. The molecule has 3 N–H and O–H groups in total. The van der Waals surface area contributed by atoms with E-state index >= 15 is 0 Å². The third kappa shape index (κ3) is 6.26. The van der Waals surface area contributed by atoms with Crippen LogP contribution in [0, 0.1) is 18.3 Å². The number of benzene rings is 2. The highest BCUT2D eigenvalue weighted by Crippen LogP contribution is 2.15. The summed E-state index contributed by atoms with van der Waals surface area (Å²) in [5, 5.41) is 14.5. The fourth-order valence-electron chi connectivity index (χ4n) is 2.34. The number of nitrogens with zero attached hydrogens (tertiary/aromatic N) is 1. The number of aryl methyl sites for hydroxylation is 1. The summed E-state index contributed by atoms with van der Waals surface area (Å²) in [6, 6.07) is 14.9. The van der Waals surface area contributed by atoms with Crippen molar-refractivity contribution in [1.29, 1.82) is 5.26 Å². The number of amides is 1. The summed E-state index contributed by atoms with van der Waals surface area (Å²) >= 11 is 0. The van der Waals surface area contributed by atoms with Gasteiger partial charge in [-0.1, -0.05) is 35.9 Å². The summed E-state index contributed by atoms with van der Waals surface area (Å²) in [6.07, 6.45) is 2.05. The van der Waals surface area contributed by atoms with Gasteiger partial charge < -0.3 is 10.6 Å². The molecule has 2 aromatic rings. The number of rotatable bonds is 7. The van der Waals surface area contributed by atoms with Gasteiger partial charge in [-0.15, -0.1) is 0 Å². The Hall–Kier alpha value is -3.15. The van der Waals surface area contributed by atoms with Crippen LogP contribution in [0.25, 0.3) is 0 Å². The Balaban J connectivity index is 1.97. The smallest absolute Gasteiger partial charge is 0.294 e. The number of carbonyl (C=O) groups excluding carboxylic acids is 1. The van der Waals surface area contributed by atoms with Crippen molar-refractivity contribution >= 4 is 21.7 Å². The molecule has 0 unspecified atom stereocenters. The van der Waals surface area contributed by atoms with Gasteiger partial charge in [0.2, 0.25) is 0 Å². The highest BCUT2D eigenvalue weighted by Gasteiger charge is 2.13. The molecule has 0 aromatic heterocycles. The van der Waals surface area contributed by atoms with E-state index in [1.54, 1.807) is 6.07 Å². The largest absolute Gasteiger partial charge is 0.389 e. The van der Waals surface area contributed by atoms with E-state index in [1.807, 2.05) is 25.1 Å². The van der Waals surface area contributed by atoms with Gasteiger partial charge in [-0.3, -0.25) is 9.35 Å². The zero-order valence-electron chi connectivity index (χ0n) is 14.6. The van der Waals surface area contributed by atoms with Gasteiger partial charge in [0.1, 0.15) is 11.6 Å². The van der Waals surface area contributed by atoms with Gasteiger partial charge in [0.05, 0.1) is 4.90 Å². The van der Waals surface area contributed by atoms with E-state index in [2.05, 4.69) is 16.7 Å². The Morgan fingerprint density at radius 2 is 1.96 bits per heavy atom. The predicted molar refractivity (Wildman–Crippen MR) is 101 cm³/mol. The van der Waals surface area contributed by atoms with E-state index in [0.29, 0.717) is 6.54 Å². The first-order valence-corrected chi connectivity index (χ1v) is 9.52. The summed E-state index contributed by atoms with van der Waals surface area (Å²) in [4.78, 5) is 11.8. The normalized spacial score (nSPS) is 11.5. The average Bonchev–Trinajstić information content (AvgIpc) is 2.61. The summed E-state index contributed by atoms with van der Waals surface area (Å²) in [5.74, 6) is -0.687. The summed E-state index contributed by atoms with van der Waals surface area (Å²) < 4.78 is 31.3. The third-order valence-electron chi connectivity index (χ3n) is 3.64. The second-order valence-electron chi connectivity index (χ2n) is 5.82. The van der Waals surface area contributed by atoms with E-state index in [-0.39, 0.29) is 16.2 Å². The first-order chi connectivity index (χ1) is 12.8. The first kappa shape index (κ1) is 20.2. The zero-order chi connectivity index (χ0) is 19.9. The van der Waals surface area contributed by atoms with Crippen LogP contribution in [-0.2, 0) is 21.3 Å². The van der Waals surface area contributed by atoms with Gasteiger partial charge in [-0.2, -0.15) is 13.7 Å². The maximum absolute atomic E-state index is 12.2. The minimum atomic E-state index is -4.38. The average molecular weight is 385 g/mol. The van der Waals surface area contributed by atoms with Crippen molar-refractivity contribution in [3.63, 3.8) is 0 Å². The van der Waals surface area contributed by atoms with E-state index < -0.39 is 16.0 Å². The summed E-state index contributed by atoms with van der Waals surface area (Å²) in [6.45, 7) is 2.55. The SMILES string of the molecule is Cc1cccc(CCN/C=C(/C#N)C(=O)Nc2cccc(S(=O)(=O)O)c2)c1. The van der Waals surface area contributed by atoms with Gasteiger partial charge in [0.25, 0.3) is 16.0 Å². The van der Waals surface area contributed by atoms with Crippen LogP contribution in [0.2, 0.25) is 0 Å². The van der Waals surface area contributed by atoms with Gasteiger partial charge >= 0.3 is 0 Å². The van der Waals surface area contributed by atoms with Crippen LogP contribution in [0.4, 0.5) is 5.69 Å². The maximum atomic E-state index is 12.2. The summed E-state index contributed by atoms with van der Waals surface area (Å²) in [7, 11) is -4.38. The third-order valence-corrected chi connectivity index (χ3v) is 4.49. The number of anilines is 1. The molecule has 140 valence electrons. The van der Waals surface area contributed by atoms with E-state index in [9.17, 15) is 13.2 Å². The number of carbonyl (C=O) groups is 1. The molecule has 0 heterocycles. The van der Waals surface area contributed by atoms with Crippen LogP contribution >= 0.6 is 0 Å². The molecule has 7 nitrogen and oxygen atoms in total. The quantitative estimate of drug-likeness (QED) is 0.291. The molecule has 8 heteroatoms. The monoisotopic (exact) mass is 385 g/mol. The Bertz CT molecular complexity index is 1010. The van der Waals surface area contributed by atoms with Crippen molar-refractivity contribution in [2.75, 3.05) is 11.9 Å². The Kier molecular flexibility index (Phi) is 6.71. The molecular weight excluding hydrogens is 366 g/mol. The molecule has 2 aromatic carbocycles. The fourth-order valence-corrected chi connectivity index (χ4v) is 2.87. The molecule has 0 atom stereocenters. The molecule has 0 aliphatic rings. The molecule has 0 bridgehead atoms. The number of nitrogens with one attached hydrogen (secondary N) is 2. The predicted octanol–water partition coefficient (Wildman–Crippen LogP) is 2.42. The van der Waals surface area contributed by atoms with Crippen LogP contribution < -0.4 is 10.6 Å². The lowest BCUT2D eigenvalue weighted by Gasteiger charge is -2.07. The number of hydrogen-bond acceptors (Lipinski definition) is 5. The molecule has 0 radical (unpaired) electrons. The van der Waals surface area contributed by atoms with Gasteiger partial charge in [-0.25, -0.2) is 0 Å². The molecule has 0 aliphatic carbocycles. The molecular formula is C19H19N3O4S. The Labute approximate surface area is 158 Å². The molecule has 0 saturated heterocycles. The van der Waals surface area contributed by atoms with Crippen LogP contribution in [0.5, 0.6) is 0 Å². The molecule has 0 spiro atoms. The lowest BCUT2D eigenvalue weighted by atomic mass is 10.1. The van der Waals surface area contributed by atoms with Crippen molar-refractivity contribution in [1.82, 2.24) is 5.32 Å². The van der Waals surface area contributed by atoms with Gasteiger partial charge in [0, 0.05) is 18.4 Å². The van der Waals surface area contributed by atoms with Crippen molar-refractivity contribution < 1.29 is 17.8 Å². The molecule has 27 heavy (non-hydrogen) atoms. The lowest BCUT2D eigenvalue weighted by molar-refractivity contribution is -0.112. The second kappa shape index (κ2) is 8.98. The van der Waals surface area contributed by atoms with Crippen molar-refractivity contribution in [2.24, 2.45) is 0 Å². The highest BCUT2D eigenvalue weighted by molar-refractivity contribution is 7.85. The van der Waals surface area contributed by atoms with Gasteiger partial charge in [-0.05, 0) is 37.1 Å². The van der Waals surface area contributed by atoms with E-state index in [1.165, 1.54) is 24.4 Å². The maximum Gasteiger partial charge on any atom is 0.294 e. The lowest BCUT2D eigenvalue weighted by Crippen LogP contribution is -2.18. The van der Waals surface area contributed by atoms with Crippen molar-refractivity contribution in [2.45, 2.75) is 18.2 Å². The second-order valence-corrected chi connectivity index (χ2v) is 7.24. The molecule has 2 rings (SSSR count). The molecule has 0 saturated carbocycles. The fraction of sp³-hybridized carbons (Fsp3) is 0.158. The standard InChI is InChI=1S/C19H19N3O4S/c1-14-4-2-5-15(10-14)8-9-21-13-16(12-20)19(23)22-17-6-3-7-18(11-17)27(24,25)26/h2-7,10-11,13,21H,8-9H2,1H3,(H,22,23)(H,24,25,26)/b16-13-.